The Balaban J connectivity index is 2.10. The molecule has 0 radical (unpaired) electrons. The summed E-state index contributed by atoms with van der Waals surface area (Å²) in [6, 6.07) is 4.44. The molecule has 3 amide bonds. The zero-order chi connectivity index (χ0) is 17.0. The van der Waals surface area contributed by atoms with Gasteiger partial charge in [0.1, 0.15) is 6.61 Å². The number of carbonyl (C=O) groups excluding carboxylic acids is 3. The predicted molar refractivity (Wildman–Crippen MR) is 80.9 cm³/mol. The molecule has 2 rings (SSSR count). The van der Waals surface area contributed by atoms with Gasteiger partial charge in [-0.3, -0.25) is 4.79 Å². The first-order valence-electron chi connectivity index (χ1n) is 6.85. The molecule has 124 valence electrons. The van der Waals surface area contributed by atoms with Crippen LogP contribution >= 0.6 is 11.6 Å². The van der Waals surface area contributed by atoms with E-state index in [0.717, 1.165) is 12.8 Å². The van der Waals surface area contributed by atoms with Crippen molar-refractivity contribution in [3.63, 3.8) is 0 Å². The topological polar surface area (TPSA) is 134 Å². The Bertz CT molecular complexity index is 633. The Hall–Kier alpha value is -2.48. The highest BCUT2D eigenvalue weighted by molar-refractivity contribution is 6.33. The van der Waals surface area contributed by atoms with Crippen molar-refractivity contribution < 1.29 is 23.9 Å². The minimum atomic E-state index is -1.04. The molecule has 5 N–H and O–H groups in total. The van der Waals surface area contributed by atoms with Gasteiger partial charge in [0.15, 0.2) is 6.10 Å². The number of halogens is 1. The van der Waals surface area contributed by atoms with E-state index in [1.807, 2.05) is 0 Å². The Morgan fingerprint density at radius 3 is 2.57 bits per heavy atom. The number of hydrogen-bond acceptors (Lipinski definition) is 5. The summed E-state index contributed by atoms with van der Waals surface area (Å²) in [7, 11) is 0. The molecule has 8 nitrogen and oxygen atoms in total. The van der Waals surface area contributed by atoms with Gasteiger partial charge in [-0.1, -0.05) is 17.7 Å². The van der Waals surface area contributed by atoms with Crippen LogP contribution in [0.2, 0.25) is 5.02 Å². The van der Waals surface area contributed by atoms with Crippen LogP contribution in [0.25, 0.3) is 0 Å². The lowest BCUT2D eigenvalue weighted by atomic mass is 10.1. The zero-order valence-electron chi connectivity index (χ0n) is 12.1. The lowest BCUT2D eigenvalue weighted by Crippen LogP contribution is -2.29. The van der Waals surface area contributed by atoms with Crippen molar-refractivity contribution in [1.82, 2.24) is 5.32 Å². The van der Waals surface area contributed by atoms with Crippen molar-refractivity contribution in [2.75, 3.05) is 6.61 Å². The van der Waals surface area contributed by atoms with Crippen molar-refractivity contribution >= 4 is 29.7 Å². The second-order valence-corrected chi connectivity index (χ2v) is 5.45. The normalized spacial score (nSPS) is 14.7. The summed E-state index contributed by atoms with van der Waals surface area (Å²) in [5.41, 5.74) is 10.7. The number of amides is 3. The van der Waals surface area contributed by atoms with E-state index in [4.69, 9.17) is 32.5 Å². The van der Waals surface area contributed by atoms with E-state index in [2.05, 4.69) is 5.32 Å². The molecule has 0 aliphatic heterocycles. The van der Waals surface area contributed by atoms with Gasteiger partial charge in [0.25, 0.3) is 0 Å². The third kappa shape index (κ3) is 5.03. The summed E-state index contributed by atoms with van der Waals surface area (Å²) in [5.74, 6) is -0.734. The fourth-order valence-corrected chi connectivity index (χ4v) is 2.07. The van der Waals surface area contributed by atoms with Crippen molar-refractivity contribution in [3.05, 3.63) is 34.3 Å². The summed E-state index contributed by atoms with van der Waals surface area (Å²) >= 11 is 5.86. The smallest absolute Gasteiger partial charge is 0.407 e. The molecule has 9 heteroatoms. The van der Waals surface area contributed by atoms with Crippen molar-refractivity contribution in [2.45, 2.75) is 25.0 Å². The van der Waals surface area contributed by atoms with Gasteiger partial charge >= 0.3 is 12.2 Å². The lowest BCUT2D eigenvalue weighted by Gasteiger charge is -2.18. The molecule has 1 aromatic carbocycles. The molecule has 1 aromatic rings. The molecule has 23 heavy (non-hydrogen) atoms. The number of alkyl carbamates (subject to hydrolysis) is 1. The lowest BCUT2D eigenvalue weighted by molar-refractivity contribution is 0.0480. The number of nitrogens with two attached hydrogens (primary N) is 2. The number of benzene rings is 1. The summed E-state index contributed by atoms with van der Waals surface area (Å²) < 4.78 is 9.93. The zero-order valence-corrected chi connectivity index (χ0v) is 12.8. The van der Waals surface area contributed by atoms with Crippen LogP contribution in [0, 0.1) is 0 Å². The van der Waals surface area contributed by atoms with Gasteiger partial charge in [0, 0.05) is 6.04 Å². The highest BCUT2D eigenvalue weighted by Crippen LogP contribution is 2.24. The van der Waals surface area contributed by atoms with E-state index in [0.29, 0.717) is 5.56 Å². The van der Waals surface area contributed by atoms with Crippen LogP contribution in [0.1, 0.15) is 34.9 Å². The minimum Gasteiger partial charge on any atom is -0.445 e. The van der Waals surface area contributed by atoms with Crippen LogP contribution in [0.15, 0.2) is 18.2 Å². The molecule has 1 aliphatic rings. The van der Waals surface area contributed by atoms with Gasteiger partial charge in [0.05, 0.1) is 10.6 Å². The Morgan fingerprint density at radius 1 is 1.30 bits per heavy atom. The van der Waals surface area contributed by atoms with Gasteiger partial charge < -0.3 is 26.3 Å². The highest BCUT2D eigenvalue weighted by Gasteiger charge is 2.25. The third-order valence-electron chi connectivity index (χ3n) is 3.15. The van der Waals surface area contributed by atoms with Gasteiger partial charge in [-0.2, -0.15) is 0 Å². The summed E-state index contributed by atoms with van der Waals surface area (Å²) in [6.45, 7) is -0.263. The van der Waals surface area contributed by atoms with E-state index in [1.54, 1.807) is 0 Å². The van der Waals surface area contributed by atoms with Crippen LogP contribution in [-0.4, -0.2) is 30.7 Å². The van der Waals surface area contributed by atoms with Gasteiger partial charge in [-0.05, 0) is 30.5 Å². The van der Waals surface area contributed by atoms with Crippen LogP contribution in [-0.2, 0) is 9.47 Å². The Morgan fingerprint density at radius 2 is 2.00 bits per heavy atom. The maximum atomic E-state index is 11.5. The average molecular weight is 342 g/mol. The second-order valence-electron chi connectivity index (χ2n) is 5.05. The quantitative estimate of drug-likeness (QED) is 0.720. The van der Waals surface area contributed by atoms with Gasteiger partial charge in [0.2, 0.25) is 5.91 Å². The molecule has 1 atom stereocenters. The van der Waals surface area contributed by atoms with Crippen LogP contribution in [0.3, 0.4) is 0 Å². The standard InChI is InChI=1S/C14H16ClN3O5/c15-10-4-1-7(5-9(10)12(16)19)11(23-13(17)20)6-22-14(21)18-8-2-3-8/h1,4-5,8,11H,2-3,6H2,(H2,16,19)(H2,17,20)(H,18,21)/t11-/m1/s1. The first-order chi connectivity index (χ1) is 10.9. The van der Waals surface area contributed by atoms with Gasteiger partial charge in [-0.25, -0.2) is 9.59 Å². The van der Waals surface area contributed by atoms with E-state index in [9.17, 15) is 14.4 Å². The molecule has 1 saturated carbocycles. The number of carbonyl (C=O) groups is 3. The number of rotatable bonds is 6. The summed E-state index contributed by atoms with van der Waals surface area (Å²) in [4.78, 5) is 33.9. The van der Waals surface area contributed by atoms with Crippen LogP contribution in [0.5, 0.6) is 0 Å². The molecule has 0 unspecified atom stereocenters. The number of primary amides is 2. The molecule has 0 aromatic heterocycles. The molecule has 0 spiro atoms. The maximum absolute atomic E-state index is 11.5. The molecule has 0 heterocycles. The number of nitrogens with one attached hydrogen (secondary N) is 1. The molecule has 0 saturated heterocycles. The Labute approximate surface area is 137 Å². The van der Waals surface area contributed by atoms with E-state index >= 15 is 0 Å². The number of ether oxygens (including phenoxy) is 2. The van der Waals surface area contributed by atoms with Crippen LogP contribution in [0.4, 0.5) is 9.59 Å². The fourth-order valence-electron chi connectivity index (χ4n) is 1.86. The molecule has 1 aliphatic carbocycles. The van der Waals surface area contributed by atoms with E-state index in [-0.39, 0.29) is 23.2 Å². The van der Waals surface area contributed by atoms with Gasteiger partial charge in [-0.15, -0.1) is 0 Å². The maximum Gasteiger partial charge on any atom is 0.407 e. The minimum absolute atomic E-state index is 0.0599. The summed E-state index contributed by atoms with van der Waals surface area (Å²) in [5, 5.41) is 2.78. The molecule has 0 bridgehead atoms. The van der Waals surface area contributed by atoms with E-state index < -0.39 is 24.2 Å². The molecular formula is C14H16ClN3O5. The molecule has 1 fully saturated rings. The second kappa shape index (κ2) is 7.19. The third-order valence-corrected chi connectivity index (χ3v) is 3.48. The van der Waals surface area contributed by atoms with E-state index in [1.165, 1.54) is 18.2 Å². The van der Waals surface area contributed by atoms with Crippen molar-refractivity contribution in [2.24, 2.45) is 11.5 Å². The predicted octanol–water partition coefficient (Wildman–Crippen LogP) is 1.46. The summed E-state index contributed by atoms with van der Waals surface area (Å²) in [6.07, 6.45) is -0.815. The number of hydrogen-bond donors (Lipinski definition) is 3. The first kappa shape index (κ1) is 16.9. The van der Waals surface area contributed by atoms with Crippen LogP contribution < -0.4 is 16.8 Å². The van der Waals surface area contributed by atoms with Crippen molar-refractivity contribution in [1.29, 1.82) is 0 Å². The molecular weight excluding hydrogens is 326 g/mol. The largest absolute Gasteiger partial charge is 0.445 e. The first-order valence-corrected chi connectivity index (χ1v) is 7.23. The Kier molecular flexibility index (Phi) is 5.28. The average Bonchev–Trinajstić information content (AvgIpc) is 3.27. The van der Waals surface area contributed by atoms with Crippen molar-refractivity contribution in [3.8, 4) is 0 Å². The highest BCUT2D eigenvalue weighted by atomic mass is 35.5. The fraction of sp³-hybridized carbons (Fsp3) is 0.357. The SMILES string of the molecule is NC(=O)O[C@H](COC(=O)NC1CC1)c1ccc(Cl)c(C(N)=O)c1. The monoisotopic (exact) mass is 341 g/mol.